The van der Waals surface area contributed by atoms with Gasteiger partial charge in [-0.15, -0.1) is 0 Å². The zero-order valence-corrected chi connectivity index (χ0v) is 19.1. The van der Waals surface area contributed by atoms with Crippen molar-refractivity contribution >= 4 is 20.9 Å². The third-order valence-electron chi connectivity index (χ3n) is 6.39. The van der Waals surface area contributed by atoms with Crippen LogP contribution < -0.4 is 4.72 Å². The average molecular weight is 536 g/mol. The van der Waals surface area contributed by atoms with Gasteiger partial charge < -0.3 is 9.30 Å². The lowest BCUT2D eigenvalue weighted by Gasteiger charge is -2.28. The van der Waals surface area contributed by atoms with Crippen LogP contribution >= 0.6 is 0 Å². The molecule has 0 amide bonds. The van der Waals surface area contributed by atoms with Gasteiger partial charge >= 0.3 is 6.18 Å². The topological polar surface area (TPSA) is 60.3 Å². The summed E-state index contributed by atoms with van der Waals surface area (Å²) in [6, 6.07) is 1.32. The van der Waals surface area contributed by atoms with Gasteiger partial charge in [-0.2, -0.15) is 13.2 Å². The monoisotopic (exact) mass is 536 g/mol. The van der Waals surface area contributed by atoms with Gasteiger partial charge in [-0.25, -0.2) is 30.7 Å². The van der Waals surface area contributed by atoms with Gasteiger partial charge in [0, 0.05) is 28.2 Å². The highest BCUT2D eigenvalue weighted by molar-refractivity contribution is 7.90. The van der Waals surface area contributed by atoms with E-state index in [-0.39, 0.29) is 41.8 Å². The highest BCUT2D eigenvalue weighted by Crippen LogP contribution is 2.42. The first kappa shape index (κ1) is 25.0. The van der Waals surface area contributed by atoms with Crippen molar-refractivity contribution in [3.63, 3.8) is 0 Å². The molecule has 1 saturated carbocycles. The van der Waals surface area contributed by atoms with Crippen molar-refractivity contribution in [3.05, 3.63) is 59.3 Å². The van der Waals surface area contributed by atoms with Crippen LogP contribution in [0.1, 0.15) is 36.1 Å². The van der Waals surface area contributed by atoms with E-state index < -0.39 is 62.2 Å². The van der Waals surface area contributed by atoms with E-state index in [9.17, 15) is 34.8 Å². The second kappa shape index (κ2) is 8.73. The molecule has 3 aromatic rings. The van der Waals surface area contributed by atoms with E-state index in [4.69, 9.17) is 4.74 Å². The van der Waals surface area contributed by atoms with E-state index >= 15 is 4.39 Å². The number of hydrogen-bond acceptors (Lipinski definition) is 3. The molecule has 1 N–H and O–H groups in total. The van der Waals surface area contributed by atoms with Crippen molar-refractivity contribution in [2.75, 3.05) is 13.2 Å². The molecular formula is C23H19F7N2O3S. The summed E-state index contributed by atoms with van der Waals surface area (Å²) in [6.45, 7) is 0.348. The van der Waals surface area contributed by atoms with Crippen LogP contribution in [0.2, 0.25) is 0 Å². The number of halogens is 7. The molecule has 36 heavy (non-hydrogen) atoms. The van der Waals surface area contributed by atoms with Crippen molar-refractivity contribution in [2.45, 2.75) is 42.8 Å². The van der Waals surface area contributed by atoms with Gasteiger partial charge in [-0.1, -0.05) is 6.07 Å². The lowest BCUT2D eigenvalue weighted by Crippen LogP contribution is -2.35. The Morgan fingerprint density at radius 2 is 1.72 bits per heavy atom. The Balaban J connectivity index is 1.70. The predicted octanol–water partition coefficient (Wildman–Crippen LogP) is 5.56. The van der Waals surface area contributed by atoms with Crippen molar-refractivity contribution in [3.8, 4) is 11.1 Å². The Bertz CT molecular complexity index is 1430. The number of benzene rings is 2. The molecular weight excluding hydrogens is 517 g/mol. The molecule has 1 aromatic heterocycles. The smallest absolute Gasteiger partial charge is 0.377 e. The minimum absolute atomic E-state index is 0.0809. The summed E-state index contributed by atoms with van der Waals surface area (Å²) >= 11 is 0. The Kier molecular flexibility index (Phi) is 6.07. The molecule has 2 aliphatic rings. The summed E-state index contributed by atoms with van der Waals surface area (Å²) < 4.78 is 131. The number of sulfonamides is 1. The lowest BCUT2D eigenvalue weighted by atomic mass is 9.96. The molecule has 13 heteroatoms. The van der Waals surface area contributed by atoms with Gasteiger partial charge in [0.15, 0.2) is 0 Å². The van der Waals surface area contributed by atoms with E-state index in [2.05, 4.69) is 0 Å². The van der Waals surface area contributed by atoms with E-state index in [1.165, 1.54) is 10.8 Å². The van der Waals surface area contributed by atoms with Crippen LogP contribution in [-0.4, -0.2) is 37.9 Å². The molecule has 194 valence electrons. The van der Waals surface area contributed by atoms with E-state index in [0.29, 0.717) is 12.8 Å². The maximum atomic E-state index is 15.3. The van der Waals surface area contributed by atoms with Crippen LogP contribution in [0.3, 0.4) is 0 Å². The SMILES string of the molecule is O=S(=O)(NC(c1cn(C2COC2)c2cc(-c3ccc(F)cc3C(F)(F)F)c(F)cc12)C(F)F)C1CC1. The first-order chi connectivity index (χ1) is 16.9. The van der Waals surface area contributed by atoms with Crippen LogP contribution in [0.25, 0.3) is 22.0 Å². The molecule has 1 aliphatic heterocycles. The summed E-state index contributed by atoms with van der Waals surface area (Å²) in [5.74, 6) is -2.32. The Morgan fingerprint density at radius 1 is 1.03 bits per heavy atom. The van der Waals surface area contributed by atoms with Crippen molar-refractivity contribution in [1.29, 1.82) is 0 Å². The number of rotatable bonds is 7. The van der Waals surface area contributed by atoms with Crippen molar-refractivity contribution in [1.82, 2.24) is 9.29 Å². The fraction of sp³-hybridized carbons (Fsp3) is 0.391. The van der Waals surface area contributed by atoms with Gasteiger partial charge in [0.2, 0.25) is 10.0 Å². The van der Waals surface area contributed by atoms with E-state index in [1.54, 1.807) is 0 Å². The zero-order chi connectivity index (χ0) is 26.0. The van der Waals surface area contributed by atoms with E-state index in [0.717, 1.165) is 24.3 Å². The van der Waals surface area contributed by atoms with Crippen molar-refractivity contribution < 1.29 is 43.9 Å². The highest BCUT2D eigenvalue weighted by Gasteiger charge is 2.41. The molecule has 5 rings (SSSR count). The fourth-order valence-corrected chi connectivity index (χ4v) is 5.86. The second-order valence-electron chi connectivity index (χ2n) is 8.89. The molecule has 2 fully saturated rings. The molecule has 1 saturated heterocycles. The lowest BCUT2D eigenvalue weighted by molar-refractivity contribution is -0.137. The molecule has 0 radical (unpaired) electrons. The standard InChI is InChI=1S/C23H19F7N2O3S/c24-11-1-4-14(18(5-11)23(28,29)30)15-7-20-16(6-19(15)25)17(8-32(20)12-9-35-10-12)21(22(26)27)31-36(33,34)13-2-3-13/h1,4-8,12-13,21-22,31H,2-3,9-10H2. The summed E-state index contributed by atoms with van der Waals surface area (Å²) in [5, 5.41) is -0.864. The molecule has 0 bridgehead atoms. The Morgan fingerprint density at radius 3 is 2.28 bits per heavy atom. The van der Waals surface area contributed by atoms with Crippen LogP contribution in [-0.2, 0) is 20.9 Å². The molecule has 2 aromatic carbocycles. The maximum absolute atomic E-state index is 15.3. The molecule has 1 aliphatic carbocycles. The predicted molar refractivity (Wildman–Crippen MR) is 116 cm³/mol. The number of ether oxygens (including phenoxy) is 1. The largest absolute Gasteiger partial charge is 0.417 e. The second-order valence-corrected chi connectivity index (χ2v) is 10.9. The minimum Gasteiger partial charge on any atom is -0.377 e. The number of alkyl halides is 5. The van der Waals surface area contributed by atoms with Gasteiger partial charge in [-0.3, -0.25) is 0 Å². The third kappa shape index (κ3) is 4.48. The minimum atomic E-state index is -4.99. The Labute approximate surface area is 200 Å². The van der Waals surface area contributed by atoms with Crippen LogP contribution in [0.5, 0.6) is 0 Å². The molecule has 0 spiro atoms. The van der Waals surface area contributed by atoms with Gasteiger partial charge in [0.1, 0.15) is 17.7 Å². The Hall–Kier alpha value is -2.64. The molecule has 5 nitrogen and oxygen atoms in total. The number of nitrogens with one attached hydrogen (secondary N) is 1. The highest BCUT2D eigenvalue weighted by atomic mass is 32.2. The summed E-state index contributed by atoms with van der Waals surface area (Å²) in [6.07, 6.45) is -6.25. The van der Waals surface area contributed by atoms with Crippen LogP contribution in [0, 0.1) is 11.6 Å². The average Bonchev–Trinajstić information content (AvgIpc) is 3.55. The molecule has 2 heterocycles. The summed E-state index contributed by atoms with van der Waals surface area (Å²) in [7, 11) is -4.06. The quantitative estimate of drug-likeness (QED) is 0.402. The first-order valence-electron chi connectivity index (χ1n) is 10.9. The van der Waals surface area contributed by atoms with Crippen molar-refractivity contribution in [2.24, 2.45) is 0 Å². The molecule has 1 atom stereocenters. The van der Waals surface area contributed by atoms with Gasteiger partial charge in [0.25, 0.3) is 6.43 Å². The maximum Gasteiger partial charge on any atom is 0.417 e. The summed E-state index contributed by atoms with van der Waals surface area (Å²) in [5.41, 5.74) is -2.62. The first-order valence-corrected chi connectivity index (χ1v) is 12.5. The number of nitrogens with zero attached hydrogens (tertiary/aromatic N) is 1. The number of hydrogen-bond donors (Lipinski definition) is 1. The van der Waals surface area contributed by atoms with Gasteiger partial charge in [-0.05, 0) is 42.7 Å². The van der Waals surface area contributed by atoms with Crippen LogP contribution in [0.15, 0.2) is 36.5 Å². The van der Waals surface area contributed by atoms with E-state index in [1.807, 2.05) is 4.72 Å². The number of fused-ring (bicyclic) bond motifs is 1. The van der Waals surface area contributed by atoms with Gasteiger partial charge in [0.05, 0.1) is 30.1 Å². The molecule has 1 unspecified atom stereocenters. The number of aromatic nitrogens is 1. The fourth-order valence-electron chi connectivity index (χ4n) is 4.32. The summed E-state index contributed by atoms with van der Waals surface area (Å²) in [4.78, 5) is 0. The zero-order valence-electron chi connectivity index (χ0n) is 18.3. The normalized spacial score (nSPS) is 18.1. The third-order valence-corrected chi connectivity index (χ3v) is 8.32. The van der Waals surface area contributed by atoms with Crippen LogP contribution in [0.4, 0.5) is 30.7 Å².